The average Bonchev–Trinajstić information content (AvgIpc) is 2.38. The molecule has 2 aromatic rings. The summed E-state index contributed by atoms with van der Waals surface area (Å²) in [6.07, 6.45) is 0. The number of hydrogen-bond donors (Lipinski definition) is 2. The molecule has 1 unspecified atom stereocenters. The molecule has 0 spiro atoms. The number of anilines is 1. The van der Waals surface area contributed by atoms with E-state index in [0.29, 0.717) is 6.54 Å². The Morgan fingerprint density at radius 1 is 1.17 bits per heavy atom. The summed E-state index contributed by atoms with van der Waals surface area (Å²) in [6.45, 7) is 0.527. The van der Waals surface area contributed by atoms with Crippen LogP contribution in [0.3, 0.4) is 0 Å². The van der Waals surface area contributed by atoms with E-state index in [1.165, 1.54) is 0 Å². The van der Waals surface area contributed by atoms with Gasteiger partial charge in [0.05, 0.1) is 6.04 Å². The van der Waals surface area contributed by atoms with Crippen LogP contribution in [0.15, 0.2) is 53.0 Å². The first-order chi connectivity index (χ1) is 8.69. The lowest BCUT2D eigenvalue weighted by molar-refractivity contribution is 0.789. The molecule has 3 N–H and O–H groups in total. The van der Waals surface area contributed by atoms with E-state index >= 15 is 0 Å². The molecule has 2 rings (SSSR count). The van der Waals surface area contributed by atoms with Gasteiger partial charge in [0, 0.05) is 21.7 Å². The van der Waals surface area contributed by atoms with Crippen LogP contribution in [0.2, 0.25) is 5.02 Å². The number of nitrogens with two attached hydrogens (primary N) is 1. The van der Waals surface area contributed by atoms with Gasteiger partial charge < -0.3 is 11.1 Å². The van der Waals surface area contributed by atoms with Crippen molar-refractivity contribution in [3.05, 3.63) is 63.6 Å². The van der Waals surface area contributed by atoms with Crippen LogP contribution in [0, 0.1) is 0 Å². The van der Waals surface area contributed by atoms with Crippen molar-refractivity contribution in [1.29, 1.82) is 0 Å². The van der Waals surface area contributed by atoms with Crippen LogP contribution >= 0.6 is 27.5 Å². The molecule has 0 heterocycles. The Hall–Kier alpha value is -1.03. The van der Waals surface area contributed by atoms with Gasteiger partial charge >= 0.3 is 0 Å². The second-order valence-corrected chi connectivity index (χ2v) is 5.35. The smallest absolute Gasteiger partial charge is 0.0636 e. The highest BCUT2D eigenvalue weighted by molar-refractivity contribution is 9.10. The number of nitrogens with one attached hydrogen (secondary N) is 1. The van der Waals surface area contributed by atoms with Crippen LogP contribution in [-0.2, 0) is 0 Å². The molecule has 0 aliphatic rings. The highest BCUT2D eigenvalue weighted by Crippen LogP contribution is 2.22. The lowest BCUT2D eigenvalue weighted by Gasteiger charge is -2.19. The number of rotatable bonds is 4. The van der Waals surface area contributed by atoms with Crippen molar-refractivity contribution >= 4 is 33.2 Å². The standard InChI is InChI=1S/C14H14BrClN2/c15-11-3-1-2-10(8-11)14(9-17)18-13-6-4-12(16)5-7-13/h1-8,14,18H,9,17H2. The van der Waals surface area contributed by atoms with Crippen LogP contribution in [-0.4, -0.2) is 6.54 Å². The fourth-order valence-corrected chi connectivity index (χ4v) is 2.29. The fourth-order valence-electron chi connectivity index (χ4n) is 1.75. The monoisotopic (exact) mass is 324 g/mol. The summed E-state index contributed by atoms with van der Waals surface area (Å²) < 4.78 is 1.05. The highest BCUT2D eigenvalue weighted by Gasteiger charge is 2.09. The second kappa shape index (κ2) is 6.23. The minimum atomic E-state index is 0.0867. The summed E-state index contributed by atoms with van der Waals surface area (Å²) in [5, 5.41) is 4.12. The molecule has 0 radical (unpaired) electrons. The quantitative estimate of drug-likeness (QED) is 0.883. The van der Waals surface area contributed by atoms with Crippen molar-refractivity contribution in [3.63, 3.8) is 0 Å². The number of hydrogen-bond acceptors (Lipinski definition) is 2. The molecule has 2 nitrogen and oxygen atoms in total. The van der Waals surface area contributed by atoms with Gasteiger partial charge in [-0.15, -0.1) is 0 Å². The van der Waals surface area contributed by atoms with Crippen molar-refractivity contribution < 1.29 is 0 Å². The molecule has 0 bridgehead atoms. The van der Waals surface area contributed by atoms with Crippen LogP contribution in [0.1, 0.15) is 11.6 Å². The van der Waals surface area contributed by atoms with Crippen molar-refractivity contribution in [2.45, 2.75) is 6.04 Å². The predicted molar refractivity (Wildman–Crippen MR) is 81.0 cm³/mol. The van der Waals surface area contributed by atoms with Gasteiger partial charge in [-0.25, -0.2) is 0 Å². The van der Waals surface area contributed by atoms with Crippen LogP contribution in [0.25, 0.3) is 0 Å². The third-order valence-electron chi connectivity index (χ3n) is 2.67. The van der Waals surface area contributed by atoms with Gasteiger partial charge in [-0.3, -0.25) is 0 Å². The Bertz CT molecular complexity index is 513. The maximum atomic E-state index is 5.86. The third-order valence-corrected chi connectivity index (χ3v) is 3.42. The first-order valence-corrected chi connectivity index (χ1v) is 6.84. The molecule has 18 heavy (non-hydrogen) atoms. The molecule has 4 heteroatoms. The van der Waals surface area contributed by atoms with Gasteiger partial charge in [0.25, 0.3) is 0 Å². The summed E-state index contributed by atoms with van der Waals surface area (Å²) >= 11 is 9.33. The molecular weight excluding hydrogens is 312 g/mol. The average molecular weight is 326 g/mol. The predicted octanol–water partition coefficient (Wildman–Crippen LogP) is 4.21. The summed E-state index contributed by atoms with van der Waals surface area (Å²) in [5.41, 5.74) is 7.99. The SMILES string of the molecule is NCC(Nc1ccc(Cl)cc1)c1cccc(Br)c1. The van der Waals surface area contributed by atoms with Crippen LogP contribution in [0.4, 0.5) is 5.69 Å². The lowest BCUT2D eigenvalue weighted by Crippen LogP contribution is -2.20. The molecule has 0 amide bonds. The molecule has 0 saturated carbocycles. The second-order valence-electron chi connectivity index (χ2n) is 3.99. The summed E-state index contributed by atoms with van der Waals surface area (Å²) in [6, 6.07) is 15.8. The minimum Gasteiger partial charge on any atom is -0.377 e. The Balaban J connectivity index is 2.17. The Kier molecular flexibility index (Phi) is 4.64. The van der Waals surface area contributed by atoms with E-state index in [1.54, 1.807) is 0 Å². The largest absolute Gasteiger partial charge is 0.377 e. The van der Waals surface area contributed by atoms with Gasteiger partial charge in [0.2, 0.25) is 0 Å². The van der Waals surface area contributed by atoms with Crippen LogP contribution < -0.4 is 11.1 Å². The molecule has 0 aliphatic heterocycles. The zero-order valence-corrected chi connectivity index (χ0v) is 12.1. The summed E-state index contributed by atoms with van der Waals surface area (Å²) in [7, 11) is 0. The first-order valence-electron chi connectivity index (χ1n) is 5.66. The van der Waals surface area contributed by atoms with E-state index in [-0.39, 0.29) is 6.04 Å². The van der Waals surface area contributed by atoms with E-state index in [9.17, 15) is 0 Å². The zero-order valence-electron chi connectivity index (χ0n) is 9.74. The van der Waals surface area contributed by atoms with E-state index in [1.807, 2.05) is 36.4 Å². The zero-order chi connectivity index (χ0) is 13.0. The molecule has 0 saturated heterocycles. The summed E-state index contributed by atoms with van der Waals surface area (Å²) in [5.74, 6) is 0. The molecular formula is C14H14BrClN2. The van der Waals surface area contributed by atoms with Gasteiger partial charge in [0.1, 0.15) is 0 Å². The van der Waals surface area contributed by atoms with E-state index in [2.05, 4.69) is 33.4 Å². The topological polar surface area (TPSA) is 38.0 Å². The van der Waals surface area contributed by atoms with Crippen molar-refractivity contribution in [2.75, 3.05) is 11.9 Å². The molecule has 0 fully saturated rings. The van der Waals surface area contributed by atoms with E-state index in [0.717, 1.165) is 20.7 Å². The van der Waals surface area contributed by atoms with Crippen LogP contribution in [0.5, 0.6) is 0 Å². The third kappa shape index (κ3) is 3.48. The molecule has 2 aromatic carbocycles. The summed E-state index contributed by atoms with van der Waals surface area (Å²) in [4.78, 5) is 0. The van der Waals surface area contributed by atoms with Gasteiger partial charge in [-0.2, -0.15) is 0 Å². The lowest BCUT2D eigenvalue weighted by atomic mass is 10.1. The maximum absolute atomic E-state index is 5.86. The Labute approximate surface area is 120 Å². The molecule has 1 atom stereocenters. The van der Waals surface area contributed by atoms with E-state index in [4.69, 9.17) is 17.3 Å². The van der Waals surface area contributed by atoms with Gasteiger partial charge in [0.15, 0.2) is 0 Å². The van der Waals surface area contributed by atoms with Crippen molar-refractivity contribution in [1.82, 2.24) is 0 Å². The Morgan fingerprint density at radius 3 is 2.50 bits per heavy atom. The molecule has 94 valence electrons. The molecule has 0 aliphatic carbocycles. The molecule has 0 aromatic heterocycles. The number of halogens is 2. The van der Waals surface area contributed by atoms with Gasteiger partial charge in [-0.1, -0.05) is 39.7 Å². The van der Waals surface area contributed by atoms with Crippen molar-refractivity contribution in [3.8, 4) is 0 Å². The normalized spacial score (nSPS) is 12.2. The van der Waals surface area contributed by atoms with E-state index < -0.39 is 0 Å². The van der Waals surface area contributed by atoms with Gasteiger partial charge in [-0.05, 0) is 42.0 Å². The first kappa shape index (κ1) is 13.4. The maximum Gasteiger partial charge on any atom is 0.0636 e. The fraction of sp³-hybridized carbons (Fsp3) is 0.143. The highest BCUT2D eigenvalue weighted by atomic mass is 79.9. The minimum absolute atomic E-state index is 0.0867. The Morgan fingerprint density at radius 2 is 1.89 bits per heavy atom. The van der Waals surface area contributed by atoms with Crippen molar-refractivity contribution in [2.24, 2.45) is 5.73 Å². The number of benzene rings is 2.